The number of hydrogen-bond acceptors (Lipinski definition) is 4. The van der Waals surface area contributed by atoms with Crippen molar-refractivity contribution in [2.24, 2.45) is 5.16 Å². The molecule has 0 amide bonds. The number of hydrogen-bond donors (Lipinski definition) is 0. The molecule has 0 spiro atoms. The average Bonchev–Trinajstić information content (AvgIpc) is 2.15. The summed E-state index contributed by atoms with van der Waals surface area (Å²) in [7, 11) is 0. The zero-order valence-electron chi connectivity index (χ0n) is 6.84. The molecule has 0 saturated carbocycles. The quantitative estimate of drug-likeness (QED) is 0.402. The number of nitrogens with zero attached hydrogens (tertiary/aromatic N) is 2. The first-order valence-corrected chi connectivity index (χ1v) is 3.55. The van der Waals surface area contributed by atoms with Gasteiger partial charge in [0.15, 0.2) is 0 Å². The van der Waals surface area contributed by atoms with Gasteiger partial charge >= 0.3 is 0 Å². The molecule has 0 aliphatic carbocycles. The Hall–Kier alpha value is -1.91. The standard InChI is InChI=1S/C8H8N2O3/c1-9-13-6-7-2-4-8(5-3-7)10(11)12/h2-5H,1,6H2. The van der Waals surface area contributed by atoms with Crippen molar-refractivity contribution in [3.8, 4) is 0 Å². The van der Waals surface area contributed by atoms with Crippen molar-refractivity contribution < 1.29 is 9.76 Å². The minimum Gasteiger partial charge on any atom is -0.391 e. The van der Waals surface area contributed by atoms with Crippen molar-refractivity contribution in [2.45, 2.75) is 6.61 Å². The SMILES string of the molecule is C=NOCc1ccc([N+](=O)[O-])cc1. The molecule has 0 saturated heterocycles. The Kier molecular flexibility index (Phi) is 2.97. The van der Waals surface area contributed by atoms with Crippen LogP contribution < -0.4 is 0 Å². The molecule has 5 nitrogen and oxygen atoms in total. The van der Waals surface area contributed by atoms with Gasteiger partial charge in [0, 0.05) is 18.9 Å². The molecule has 0 radical (unpaired) electrons. The van der Waals surface area contributed by atoms with Gasteiger partial charge in [0.05, 0.1) is 4.92 Å². The summed E-state index contributed by atoms with van der Waals surface area (Å²) < 4.78 is 0. The lowest BCUT2D eigenvalue weighted by Crippen LogP contribution is -1.89. The van der Waals surface area contributed by atoms with E-state index in [0.717, 1.165) is 5.56 Å². The summed E-state index contributed by atoms with van der Waals surface area (Å²) in [6.07, 6.45) is 0. The Morgan fingerprint density at radius 3 is 2.54 bits per heavy atom. The summed E-state index contributed by atoms with van der Waals surface area (Å²) >= 11 is 0. The lowest BCUT2D eigenvalue weighted by molar-refractivity contribution is -0.384. The third kappa shape index (κ3) is 2.55. The highest BCUT2D eigenvalue weighted by atomic mass is 16.6. The minimum atomic E-state index is -0.448. The lowest BCUT2D eigenvalue weighted by Gasteiger charge is -1.97. The zero-order valence-corrected chi connectivity index (χ0v) is 6.84. The Morgan fingerprint density at radius 1 is 1.46 bits per heavy atom. The van der Waals surface area contributed by atoms with Crippen LogP contribution in [0.25, 0.3) is 0 Å². The third-order valence-corrected chi connectivity index (χ3v) is 1.47. The Labute approximate surface area is 74.8 Å². The first-order valence-electron chi connectivity index (χ1n) is 3.55. The van der Waals surface area contributed by atoms with Gasteiger partial charge in [0.1, 0.15) is 6.61 Å². The molecule has 13 heavy (non-hydrogen) atoms. The summed E-state index contributed by atoms with van der Waals surface area (Å²) in [5.74, 6) is 0. The first-order chi connectivity index (χ1) is 6.24. The van der Waals surface area contributed by atoms with E-state index in [9.17, 15) is 10.1 Å². The van der Waals surface area contributed by atoms with Gasteiger partial charge in [-0.05, 0) is 17.7 Å². The molecule has 0 fully saturated rings. The van der Waals surface area contributed by atoms with Crippen LogP contribution in [-0.4, -0.2) is 11.6 Å². The van der Waals surface area contributed by atoms with Crippen LogP contribution in [-0.2, 0) is 11.4 Å². The summed E-state index contributed by atoms with van der Waals surface area (Å²) in [5.41, 5.74) is 0.883. The van der Waals surface area contributed by atoms with Crippen LogP contribution in [0.2, 0.25) is 0 Å². The number of rotatable bonds is 4. The monoisotopic (exact) mass is 180 g/mol. The summed E-state index contributed by atoms with van der Waals surface area (Å²) in [6.45, 7) is 3.42. The van der Waals surface area contributed by atoms with E-state index in [1.807, 2.05) is 0 Å². The molecule has 0 N–H and O–H groups in total. The number of nitro groups is 1. The third-order valence-electron chi connectivity index (χ3n) is 1.47. The van der Waals surface area contributed by atoms with E-state index in [1.54, 1.807) is 12.1 Å². The molecule has 0 atom stereocenters. The van der Waals surface area contributed by atoms with Crippen molar-refractivity contribution in [1.82, 2.24) is 0 Å². The Bertz CT molecular complexity index is 308. The van der Waals surface area contributed by atoms with Gasteiger partial charge in [-0.15, -0.1) is 5.16 Å². The summed E-state index contributed by atoms with van der Waals surface area (Å²) in [4.78, 5) is 14.5. The van der Waals surface area contributed by atoms with E-state index in [2.05, 4.69) is 16.7 Å². The van der Waals surface area contributed by atoms with Crippen molar-refractivity contribution in [1.29, 1.82) is 0 Å². The van der Waals surface area contributed by atoms with Crippen LogP contribution in [0.3, 0.4) is 0 Å². The van der Waals surface area contributed by atoms with Crippen molar-refractivity contribution >= 4 is 12.4 Å². The van der Waals surface area contributed by atoms with Gasteiger partial charge in [-0.2, -0.15) is 0 Å². The fraction of sp³-hybridized carbons (Fsp3) is 0.125. The lowest BCUT2D eigenvalue weighted by atomic mass is 10.2. The Balaban J connectivity index is 2.69. The topological polar surface area (TPSA) is 64.7 Å². The van der Waals surface area contributed by atoms with Crippen LogP contribution in [0, 0.1) is 10.1 Å². The highest BCUT2D eigenvalue weighted by Gasteiger charge is 2.03. The normalized spacial score (nSPS) is 9.23. The molecule has 0 bridgehead atoms. The van der Waals surface area contributed by atoms with Crippen LogP contribution in [0.1, 0.15) is 5.56 Å². The predicted octanol–water partition coefficient (Wildman–Crippen LogP) is 1.73. The molecular weight excluding hydrogens is 172 g/mol. The molecule has 0 aliphatic rings. The molecule has 68 valence electrons. The highest BCUT2D eigenvalue weighted by molar-refractivity contribution is 5.32. The van der Waals surface area contributed by atoms with Crippen LogP contribution in [0.4, 0.5) is 5.69 Å². The molecule has 1 aromatic rings. The van der Waals surface area contributed by atoms with Crippen molar-refractivity contribution in [3.63, 3.8) is 0 Å². The summed E-state index contributed by atoms with van der Waals surface area (Å²) in [5, 5.41) is 13.5. The van der Waals surface area contributed by atoms with Gasteiger partial charge in [-0.3, -0.25) is 10.1 Å². The van der Waals surface area contributed by atoms with Gasteiger partial charge in [-0.25, -0.2) is 0 Å². The first kappa shape index (κ1) is 9.18. The van der Waals surface area contributed by atoms with Crippen LogP contribution in [0.5, 0.6) is 0 Å². The fourth-order valence-electron chi connectivity index (χ4n) is 0.834. The maximum atomic E-state index is 10.3. The van der Waals surface area contributed by atoms with E-state index in [1.165, 1.54) is 12.1 Å². The molecule has 0 unspecified atom stereocenters. The fourth-order valence-corrected chi connectivity index (χ4v) is 0.834. The second-order valence-corrected chi connectivity index (χ2v) is 2.33. The minimum absolute atomic E-state index is 0.0651. The number of oxime groups is 1. The van der Waals surface area contributed by atoms with E-state index in [0.29, 0.717) is 0 Å². The second-order valence-electron chi connectivity index (χ2n) is 2.33. The van der Waals surface area contributed by atoms with Gasteiger partial charge in [-0.1, -0.05) is 0 Å². The van der Waals surface area contributed by atoms with E-state index < -0.39 is 4.92 Å². The van der Waals surface area contributed by atoms with Crippen molar-refractivity contribution in [3.05, 3.63) is 39.9 Å². The molecule has 0 heterocycles. The molecule has 5 heteroatoms. The van der Waals surface area contributed by atoms with E-state index in [-0.39, 0.29) is 12.3 Å². The van der Waals surface area contributed by atoms with E-state index >= 15 is 0 Å². The number of benzene rings is 1. The van der Waals surface area contributed by atoms with Crippen LogP contribution >= 0.6 is 0 Å². The number of non-ortho nitro benzene ring substituents is 1. The smallest absolute Gasteiger partial charge is 0.269 e. The van der Waals surface area contributed by atoms with Gasteiger partial charge in [0.25, 0.3) is 5.69 Å². The largest absolute Gasteiger partial charge is 0.391 e. The zero-order chi connectivity index (χ0) is 9.68. The second kappa shape index (κ2) is 4.20. The summed E-state index contributed by atoms with van der Waals surface area (Å²) in [6, 6.07) is 6.07. The Morgan fingerprint density at radius 2 is 2.08 bits per heavy atom. The van der Waals surface area contributed by atoms with Gasteiger partial charge < -0.3 is 4.84 Å². The van der Waals surface area contributed by atoms with E-state index in [4.69, 9.17) is 0 Å². The van der Waals surface area contributed by atoms with Gasteiger partial charge in [0.2, 0.25) is 0 Å². The maximum Gasteiger partial charge on any atom is 0.269 e. The predicted molar refractivity (Wildman–Crippen MR) is 47.4 cm³/mol. The highest BCUT2D eigenvalue weighted by Crippen LogP contribution is 2.12. The molecule has 0 aliphatic heterocycles. The average molecular weight is 180 g/mol. The molecular formula is C8H8N2O3. The maximum absolute atomic E-state index is 10.3. The molecule has 1 rings (SSSR count). The van der Waals surface area contributed by atoms with Crippen LogP contribution in [0.15, 0.2) is 29.4 Å². The number of nitro benzene ring substituents is 1. The van der Waals surface area contributed by atoms with Crippen molar-refractivity contribution in [2.75, 3.05) is 0 Å². The molecule has 0 aromatic heterocycles. The molecule has 1 aromatic carbocycles.